The van der Waals surface area contributed by atoms with Crippen LogP contribution in [-0.2, 0) is 9.53 Å². The third kappa shape index (κ3) is 3.65. The molecule has 2 aromatic heterocycles. The molecule has 112 valence electrons. The summed E-state index contributed by atoms with van der Waals surface area (Å²) in [5.74, 6) is 1.25. The third-order valence-electron chi connectivity index (χ3n) is 3.12. The Morgan fingerprint density at radius 2 is 2.29 bits per heavy atom. The van der Waals surface area contributed by atoms with Crippen LogP contribution >= 0.6 is 0 Å². The van der Waals surface area contributed by atoms with Crippen molar-refractivity contribution in [1.82, 2.24) is 14.5 Å². The first-order valence-corrected chi connectivity index (χ1v) is 6.63. The summed E-state index contributed by atoms with van der Waals surface area (Å²) in [6.07, 6.45) is 5.06. The molecule has 2 heterocycles. The maximum absolute atomic E-state index is 12.0. The maximum atomic E-state index is 12.0. The van der Waals surface area contributed by atoms with E-state index in [2.05, 4.69) is 15.3 Å². The zero-order valence-corrected chi connectivity index (χ0v) is 12.1. The molecule has 0 radical (unpaired) electrons. The smallest absolute Gasteiger partial charge is 0.227 e. The Morgan fingerprint density at radius 1 is 1.48 bits per heavy atom. The van der Waals surface area contributed by atoms with Gasteiger partial charge in [-0.15, -0.1) is 0 Å². The Labute approximate surface area is 123 Å². The highest BCUT2D eigenvalue weighted by Crippen LogP contribution is 2.18. The van der Waals surface area contributed by atoms with Crippen LogP contribution in [0, 0.1) is 6.92 Å². The number of methoxy groups -OCH3 is 1. The fourth-order valence-corrected chi connectivity index (χ4v) is 1.96. The molecule has 3 N–H and O–H groups in total. The van der Waals surface area contributed by atoms with Gasteiger partial charge in [0.05, 0.1) is 18.2 Å². The number of nitrogens with one attached hydrogen (secondary N) is 1. The number of carbonyl (C=O) groups excluding carboxylic acids is 1. The van der Waals surface area contributed by atoms with Gasteiger partial charge in [-0.25, -0.2) is 9.97 Å². The van der Waals surface area contributed by atoms with Crippen LogP contribution < -0.4 is 11.1 Å². The molecule has 1 unspecified atom stereocenters. The molecule has 2 aromatic rings. The van der Waals surface area contributed by atoms with Gasteiger partial charge in [0.1, 0.15) is 5.82 Å². The van der Waals surface area contributed by atoms with Gasteiger partial charge in [-0.1, -0.05) is 0 Å². The molecule has 0 bridgehead atoms. The highest BCUT2D eigenvalue weighted by molar-refractivity contribution is 5.92. The number of aromatic nitrogens is 3. The molecule has 0 saturated carbocycles. The Hall–Kier alpha value is -2.25. The normalized spacial score (nSPS) is 12.1. The van der Waals surface area contributed by atoms with Crippen LogP contribution in [0.4, 0.5) is 5.69 Å². The maximum Gasteiger partial charge on any atom is 0.227 e. The second-order valence-electron chi connectivity index (χ2n) is 4.56. The molecule has 0 spiro atoms. The van der Waals surface area contributed by atoms with Crippen LogP contribution in [0.25, 0.3) is 5.82 Å². The number of carbonyl (C=O) groups is 1. The van der Waals surface area contributed by atoms with Crippen LogP contribution in [0.5, 0.6) is 0 Å². The molecule has 7 nitrogen and oxygen atoms in total. The largest absolute Gasteiger partial charge is 0.380 e. The quantitative estimate of drug-likeness (QED) is 0.823. The summed E-state index contributed by atoms with van der Waals surface area (Å²) in [4.78, 5) is 20.5. The molecule has 7 heteroatoms. The number of imidazole rings is 1. The van der Waals surface area contributed by atoms with Crippen molar-refractivity contribution >= 4 is 11.6 Å². The number of rotatable bonds is 6. The molecule has 0 aliphatic carbocycles. The molecule has 2 rings (SSSR count). The SMILES string of the molecule is COC(CN)CC(=O)Nc1cccnc1-n1ccnc1C. The molecule has 0 fully saturated rings. The van der Waals surface area contributed by atoms with Crippen molar-refractivity contribution in [3.8, 4) is 5.82 Å². The molecule has 21 heavy (non-hydrogen) atoms. The summed E-state index contributed by atoms with van der Waals surface area (Å²) in [6.45, 7) is 2.17. The van der Waals surface area contributed by atoms with E-state index in [9.17, 15) is 4.79 Å². The number of ether oxygens (including phenoxy) is 1. The molecule has 0 saturated heterocycles. The fraction of sp³-hybridized carbons (Fsp3) is 0.357. The van der Waals surface area contributed by atoms with Gasteiger partial charge in [-0.3, -0.25) is 9.36 Å². The predicted octanol–water partition coefficient (Wildman–Crippen LogP) is 0.878. The van der Waals surface area contributed by atoms with Gasteiger partial charge in [-0.05, 0) is 19.1 Å². The highest BCUT2D eigenvalue weighted by atomic mass is 16.5. The number of nitrogens with two attached hydrogens (primary N) is 1. The van der Waals surface area contributed by atoms with E-state index in [1.165, 1.54) is 7.11 Å². The topological polar surface area (TPSA) is 95.1 Å². The standard InChI is InChI=1S/C14H19N5O2/c1-10-16-6-7-19(10)14-12(4-3-5-17-14)18-13(20)8-11(9-15)21-2/h3-7,11H,8-9,15H2,1-2H3,(H,18,20). The predicted molar refractivity (Wildman–Crippen MR) is 79.2 cm³/mol. The monoisotopic (exact) mass is 289 g/mol. The first-order valence-electron chi connectivity index (χ1n) is 6.63. The van der Waals surface area contributed by atoms with E-state index in [0.717, 1.165) is 5.82 Å². The second kappa shape index (κ2) is 6.96. The first kappa shape index (κ1) is 15.1. The van der Waals surface area contributed by atoms with Gasteiger partial charge in [0.2, 0.25) is 5.91 Å². The zero-order valence-electron chi connectivity index (χ0n) is 12.1. The van der Waals surface area contributed by atoms with Crippen molar-refractivity contribution in [2.45, 2.75) is 19.4 Å². The Morgan fingerprint density at radius 3 is 2.90 bits per heavy atom. The van der Waals surface area contributed by atoms with E-state index in [1.807, 2.05) is 11.5 Å². The molecule has 0 aromatic carbocycles. The molecular weight excluding hydrogens is 270 g/mol. The lowest BCUT2D eigenvalue weighted by Crippen LogP contribution is -2.28. The summed E-state index contributed by atoms with van der Waals surface area (Å²) in [7, 11) is 1.54. The molecule has 0 aliphatic heterocycles. The lowest BCUT2D eigenvalue weighted by molar-refractivity contribution is -0.118. The van der Waals surface area contributed by atoms with E-state index < -0.39 is 0 Å². The van der Waals surface area contributed by atoms with Gasteiger partial charge >= 0.3 is 0 Å². The molecule has 0 aliphatic rings. The van der Waals surface area contributed by atoms with Gasteiger partial charge in [-0.2, -0.15) is 0 Å². The number of pyridine rings is 1. The number of anilines is 1. The van der Waals surface area contributed by atoms with Crippen LogP contribution in [0.1, 0.15) is 12.2 Å². The van der Waals surface area contributed by atoms with Crippen molar-refractivity contribution in [2.24, 2.45) is 5.73 Å². The van der Waals surface area contributed by atoms with Crippen molar-refractivity contribution in [1.29, 1.82) is 0 Å². The first-order chi connectivity index (χ1) is 10.2. The van der Waals surface area contributed by atoms with E-state index >= 15 is 0 Å². The third-order valence-corrected chi connectivity index (χ3v) is 3.12. The number of aryl methyl sites for hydroxylation is 1. The Kier molecular flexibility index (Phi) is 5.02. The summed E-state index contributed by atoms with van der Waals surface area (Å²) in [5.41, 5.74) is 6.14. The van der Waals surface area contributed by atoms with E-state index in [0.29, 0.717) is 18.1 Å². The number of hydrogen-bond acceptors (Lipinski definition) is 5. The summed E-state index contributed by atoms with van der Waals surface area (Å²) >= 11 is 0. The zero-order chi connectivity index (χ0) is 15.2. The van der Waals surface area contributed by atoms with Crippen LogP contribution in [0.3, 0.4) is 0 Å². The average Bonchev–Trinajstić information content (AvgIpc) is 2.91. The minimum absolute atomic E-state index is 0.167. The fourth-order valence-electron chi connectivity index (χ4n) is 1.96. The second-order valence-corrected chi connectivity index (χ2v) is 4.56. The lowest BCUT2D eigenvalue weighted by Gasteiger charge is -2.14. The van der Waals surface area contributed by atoms with Gasteiger partial charge in [0.25, 0.3) is 0 Å². The average molecular weight is 289 g/mol. The highest BCUT2D eigenvalue weighted by Gasteiger charge is 2.14. The molecule has 1 atom stereocenters. The lowest BCUT2D eigenvalue weighted by atomic mass is 10.2. The summed E-state index contributed by atoms with van der Waals surface area (Å²) < 4.78 is 6.92. The Balaban J connectivity index is 2.18. The summed E-state index contributed by atoms with van der Waals surface area (Å²) in [6, 6.07) is 3.56. The van der Waals surface area contributed by atoms with Crippen LogP contribution in [0.15, 0.2) is 30.7 Å². The van der Waals surface area contributed by atoms with Crippen molar-refractivity contribution in [3.05, 3.63) is 36.5 Å². The van der Waals surface area contributed by atoms with E-state index in [-0.39, 0.29) is 18.4 Å². The number of amides is 1. The van der Waals surface area contributed by atoms with E-state index in [4.69, 9.17) is 10.5 Å². The number of hydrogen-bond donors (Lipinski definition) is 2. The van der Waals surface area contributed by atoms with Gasteiger partial charge < -0.3 is 15.8 Å². The van der Waals surface area contributed by atoms with Gasteiger partial charge in [0.15, 0.2) is 5.82 Å². The molecular formula is C14H19N5O2. The Bertz CT molecular complexity index is 607. The minimum atomic E-state index is -0.292. The number of nitrogens with zero attached hydrogens (tertiary/aromatic N) is 3. The summed E-state index contributed by atoms with van der Waals surface area (Å²) in [5, 5.41) is 2.84. The van der Waals surface area contributed by atoms with Crippen LogP contribution in [-0.4, -0.2) is 40.2 Å². The minimum Gasteiger partial charge on any atom is -0.380 e. The van der Waals surface area contributed by atoms with E-state index in [1.54, 1.807) is 30.7 Å². The van der Waals surface area contributed by atoms with Gasteiger partial charge in [0, 0.05) is 32.2 Å². The molecule has 1 amide bonds. The van der Waals surface area contributed by atoms with Crippen molar-refractivity contribution in [2.75, 3.05) is 19.0 Å². The van der Waals surface area contributed by atoms with Crippen LogP contribution in [0.2, 0.25) is 0 Å². The van der Waals surface area contributed by atoms with Crippen molar-refractivity contribution in [3.63, 3.8) is 0 Å². The van der Waals surface area contributed by atoms with Crippen molar-refractivity contribution < 1.29 is 9.53 Å².